The zero-order valence-corrected chi connectivity index (χ0v) is 19.4. The maximum Gasteiger partial charge on any atom is 0.173 e. The minimum atomic E-state index is -0.283. The maximum absolute atomic E-state index is 14.4. The van der Waals surface area contributed by atoms with Crippen molar-refractivity contribution in [3.05, 3.63) is 101 Å². The van der Waals surface area contributed by atoms with E-state index < -0.39 is 0 Å². The smallest absolute Gasteiger partial charge is 0.173 e. The summed E-state index contributed by atoms with van der Waals surface area (Å²) in [7, 11) is 1.64. The normalized spacial score (nSPS) is 15.2. The van der Waals surface area contributed by atoms with Crippen LogP contribution in [0.3, 0.4) is 0 Å². The zero-order valence-electron chi connectivity index (χ0n) is 19.4. The minimum absolute atomic E-state index is 0.209. The Morgan fingerprint density at radius 1 is 0.886 bits per heavy atom. The quantitative estimate of drug-likeness (QED) is 0.403. The highest BCUT2D eigenvalue weighted by Crippen LogP contribution is 2.31. The molecule has 1 atom stereocenters. The Morgan fingerprint density at radius 3 is 2.29 bits per heavy atom. The summed E-state index contributed by atoms with van der Waals surface area (Å²) in [4.78, 5) is 4.38. The number of hydrogen-bond acceptors (Lipinski definition) is 6. The molecule has 0 unspecified atom stereocenters. The van der Waals surface area contributed by atoms with Gasteiger partial charge in [0.05, 0.1) is 25.4 Å². The molecule has 5 rings (SSSR count). The Balaban J connectivity index is 1.43. The third kappa shape index (κ3) is 5.00. The van der Waals surface area contributed by atoms with Gasteiger partial charge in [-0.3, -0.25) is 4.90 Å². The third-order valence-corrected chi connectivity index (χ3v) is 6.35. The van der Waals surface area contributed by atoms with E-state index in [1.165, 1.54) is 18.2 Å². The highest BCUT2D eigenvalue weighted by atomic mass is 19.1. The molecule has 1 aliphatic heterocycles. The predicted molar refractivity (Wildman–Crippen MR) is 128 cm³/mol. The number of halogens is 2. The van der Waals surface area contributed by atoms with Gasteiger partial charge in [0.15, 0.2) is 5.82 Å². The van der Waals surface area contributed by atoms with Crippen LogP contribution >= 0.6 is 0 Å². The first-order chi connectivity index (χ1) is 17.1. The molecule has 0 aliphatic carbocycles. The Bertz CT molecular complexity index is 1250. The first kappa shape index (κ1) is 22.9. The minimum Gasteiger partial charge on any atom is -0.497 e. The molecule has 0 spiro atoms. The van der Waals surface area contributed by atoms with Crippen LogP contribution in [0.2, 0.25) is 0 Å². The molecule has 4 aromatic rings. The summed E-state index contributed by atoms with van der Waals surface area (Å²) in [5.74, 6) is 0.965. The van der Waals surface area contributed by atoms with Crippen molar-refractivity contribution in [1.82, 2.24) is 25.1 Å². The summed E-state index contributed by atoms with van der Waals surface area (Å²) in [5, 5.41) is 12.6. The molecule has 3 aromatic carbocycles. The summed E-state index contributed by atoms with van der Waals surface area (Å²) >= 11 is 0. The fourth-order valence-electron chi connectivity index (χ4n) is 4.52. The summed E-state index contributed by atoms with van der Waals surface area (Å²) in [6, 6.07) is 20.9. The average Bonchev–Trinajstić information content (AvgIpc) is 3.34. The summed E-state index contributed by atoms with van der Waals surface area (Å²) in [6.07, 6.45) is 0. The van der Waals surface area contributed by atoms with Crippen LogP contribution in [-0.4, -0.2) is 58.4 Å². The molecular formula is C26H26F2N6O. The van der Waals surface area contributed by atoms with Crippen molar-refractivity contribution in [3.8, 4) is 5.75 Å². The number of aromatic nitrogens is 4. The van der Waals surface area contributed by atoms with E-state index in [2.05, 4.69) is 25.3 Å². The lowest BCUT2D eigenvalue weighted by Gasteiger charge is -2.40. The number of rotatable bonds is 7. The van der Waals surface area contributed by atoms with E-state index in [1.807, 2.05) is 36.4 Å². The molecule has 1 saturated heterocycles. The highest BCUT2D eigenvalue weighted by Gasteiger charge is 2.31. The molecule has 1 fully saturated rings. The number of anilines is 1. The van der Waals surface area contributed by atoms with Crippen molar-refractivity contribution in [2.75, 3.05) is 38.2 Å². The lowest BCUT2D eigenvalue weighted by molar-refractivity contribution is 0.201. The predicted octanol–water partition coefficient (Wildman–Crippen LogP) is 3.92. The maximum atomic E-state index is 14.4. The fraction of sp³-hybridized carbons (Fsp3) is 0.269. The van der Waals surface area contributed by atoms with Gasteiger partial charge in [-0.15, -0.1) is 5.10 Å². The van der Waals surface area contributed by atoms with Gasteiger partial charge in [-0.05, 0) is 58.0 Å². The number of nitrogens with zero attached hydrogens (tertiary/aromatic N) is 6. The number of piperazine rings is 1. The third-order valence-electron chi connectivity index (χ3n) is 6.35. The second kappa shape index (κ2) is 10.2. The Kier molecular flexibility index (Phi) is 6.67. The van der Waals surface area contributed by atoms with E-state index in [1.54, 1.807) is 30.0 Å². The summed E-state index contributed by atoms with van der Waals surface area (Å²) < 4.78 is 34.8. The molecule has 0 amide bonds. The first-order valence-electron chi connectivity index (χ1n) is 11.5. The molecule has 0 radical (unpaired) electrons. The zero-order chi connectivity index (χ0) is 24.2. The largest absolute Gasteiger partial charge is 0.497 e. The number of hydrogen-bond donors (Lipinski definition) is 0. The molecule has 0 saturated carbocycles. The van der Waals surface area contributed by atoms with Gasteiger partial charge < -0.3 is 9.64 Å². The van der Waals surface area contributed by atoms with Gasteiger partial charge in [-0.1, -0.05) is 36.4 Å². The summed E-state index contributed by atoms with van der Waals surface area (Å²) in [6.45, 7) is 3.17. The SMILES string of the molecule is COc1ccc([C@H](c2nnnn2Cc2ccc(F)cc2)N2CCN(c3ccccc3F)CC2)cc1. The molecule has 35 heavy (non-hydrogen) atoms. The van der Waals surface area contributed by atoms with Crippen molar-refractivity contribution >= 4 is 5.69 Å². The van der Waals surface area contributed by atoms with Crippen molar-refractivity contribution in [1.29, 1.82) is 0 Å². The number of para-hydroxylation sites is 1. The highest BCUT2D eigenvalue weighted by molar-refractivity contribution is 5.48. The van der Waals surface area contributed by atoms with Gasteiger partial charge in [0, 0.05) is 26.2 Å². The van der Waals surface area contributed by atoms with E-state index in [-0.39, 0.29) is 17.7 Å². The molecule has 7 nitrogen and oxygen atoms in total. The lowest BCUT2D eigenvalue weighted by Crippen LogP contribution is -2.48. The second-order valence-corrected chi connectivity index (χ2v) is 8.47. The van der Waals surface area contributed by atoms with Crippen LogP contribution < -0.4 is 9.64 Å². The Labute approximate surface area is 202 Å². The van der Waals surface area contributed by atoms with Gasteiger partial charge in [-0.2, -0.15) is 0 Å². The van der Waals surface area contributed by atoms with E-state index in [9.17, 15) is 8.78 Å². The number of ether oxygens (including phenoxy) is 1. The van der Waals surface area contributed by atoms with Crippen LogP contribution in [0.15, 0.2) is 72.8 Å². The molecular weight excluding hydrogens is 450 g/mol. The van der Waals surface area contributed by atoms with Gasteiger partial charge in [0.1, 0.15) is 17.4 Å². The summed E-state index contributed by atoms with van der Waals surface area (Å²) in [5.41, 5.74) is 2.55. The van der Waals surface area contributed by atoms with Gasteiger partial charge in [0.25, 0.3) is 0 Å². The second-order valence-electron chi connectivity index (χ2n) is 8.47. The number of tetrazole rings is 1. The molecule has 9 heteroatoms. The topological polar surface area (TPSA) is 59.3 Å². The van der Waals surface area contributed by atoms with Crippen molar-refractivity contribution in [2.24, 2.45) is 0 Å². The van der Waals surface area contributed by atoms with E-state index in [0.717, 1.165) is 16.9 Å². The molecule has 1 aromatic heterocycles. The van der Waals surface area contributed by atoms with Crippen LogP contribution in [0.5, 0.6) is 5.75 Å². The Morgan fingerprint density at radius 2 is 1.60 bits per heavy atom. The number of benzene rings is 3. The average molecular weight is 477 g/mol. The van der Waals surface area contributed by atoms with Crippen LogP contribution in [0.4, 0.5) is 14.5 Å². The van der Waals surface area contributed by atoms with E-state index >= 15 is 0 Å². The van der Waals surface area contributed by atoms with Gasteiger partial charge >= 0.3 is 0 Å². The van der Waals surface area contributed by atoms with Gasteiger partial charge in [0.2, 0.25) is 0 Å². The van der Waals surface area contributed by atoms with E-state index in [0.29, 0.717) is 44.2 Å². The molecule has 0 bridgehead atoms. The van der Waals surface area contributed by atoms with Gasteiger partial charge in [-0.25, -0.2) is 13.5 Å². The molecule has 2 heterocycles. The molecule has 180 valence electrons. The van der Waals surface area contributed by atoms with Crippen molar-refractivity contribution in [3.63, 3.8) is 0 Å². The van der Waals surface area contributed by atoms with Crippen LogP contribution in [-0.2, 0) is 6.54 Å². The monoisotopic (exact) mass is 476 g/mol. The molecule has 1 aliphatic rings. The Hall–Kier alpha value is -3.85. The standard InChI is InChI=1S/C26H26F2N6O/c1-35-22-12-8-20(9-13-22)25(26-29-30-31-34(26)18-19-6-10-21(27)11-7-19)33-16-14-32(15-17-33)24-5-3-2-4-23(24)28/h2-13,25H,14-18H2,1H3/t25-/m1/s1. The van der Waals surface area contributed by atoms with Crippen molar-refractivity contribution in [2.45, 2.75) is 12.6 Å². The van der Waals surface area contributed by atoms with E-state index in [4.69, 9.17) is 4.74 Å². The fourth-order valence-corrected chi connectivity index (χ4v) is 4.52. The molecule has 0 N–H and O–H groups in total. The lowest BCUT2D eigenvalue weighted by atomic mass is 10.0. The van der Waals surface area contributed by atoms with Crippen LogP contribution in [0.1, 0.15) is 23.0 Å². The van der Waals surface area contributed by atoms with Crippen LogP contribution in [0, 0.1) is 11.6 Å². The van der Waals surface area contributed by atoms with Crippen molar-refractivity contribution < 1.29 is 13.5 Å². The van der Waals surface area contributed by atoms with Crippen LogP contribution in [0.25, 0.3) is 0 Å². The first-order valence-corrected chi connectivity index (χ1v) is 11.5. The number of methoxy groups -OCH3 is 1.